The maximum Gasteiger partial charge on any atom is 0.191 e. The molecule has 1 rings (SSSR count). The van der Waals surface area contributed by atoms with E-state index in [1.165, 1.54) is 5.56 Å². The average molecular weight is 335 g/mol. The monoisotopic (exact) mass is 335 g/mol. The summed E-state index contributed by atoms with van der Waals surface area (Å²) in [4.78, 5) is 4.62. The first kappa shape index (κ1) is 20.3. The van der Waals surface area contributed by atoms with Crippen LogP contribution in [0.5, 0.6) is 5.75 Å². The molecule has 5 heteroatoms. The van der Waals surface area contributed by atoms with Crippen molar-refractivity contribution in [2.75, 3.05) is 32.9 Å². The van der Waals surface area contributed by atoms with Crippen LogP contribution in [0.1, 0.15) is 39.7 Å². The lowest BCUT2D eigenvalue weighted by atomic mass is 10.2. The van der Waals surface area contributed by atoms with Crippen molar-refractivity contribution in [3.05, 3.63) is 29.8 Å². The second-order valence-corrected chi connectivity index (χ2v) is 6.02. The quantitative estimate of drug-likeness (QED) is 0.370. The van der Waals surface area contributed by atoms with E-state index in [9.17, 15) is 0 Å². The molecule has 5 nitrogen and oxygen atoms in total. The fourth-order valence-electron chi connectivity index (χ4n) is 1.99. The molecule has 0 fully saturated rings. The standard InChI is InChI=1S/C19H33N3O2/c1-5-20-19(21-12-7-13-23-6-2)22-14-17-8-10-18(11-9-17)24-15-16(3)4/h8-11,16H,5-7,12-15H2,1-4H3,(H2,20,21,22). The number of benzene rings is 1. The first-order valence-electron chi connectivity index (χ1n) is 8.97. The Balaban J connectivity index is 2.43. The Morgan fingerprint density at radius 1 is 1.12 bits per heavy atom. The van der Waals surface area contributed by atoms with Crippen molar-refractivity contribution < 1.29 is 9.47 Å². The molecular weight excluding hydrogens is 302 g/mol. The van der Waals surface area contributed by atoms with Crippen LogP contribution in [0, 0.1) is 5.92 Å². The zero-order valence-corrected chi connectivity index (χ0v) is 15.6. The molecule has 1 aromatic rings. The Bertz CT molecular complexity index is 458. The number of rotatable bonds is 11. The normalized spacial score (nSPS) is 11.6. The minimum atomic E-state index is 0.533. The van der Waals surface area contributed by atoms with Crippen LogP contribution in [0.2, 0.25) is 0 Å². The van der Waals surface area contributed by atoms with Crippen LogP contribution in [0.4, 0.5) is 0 Å². The Hall–Kier alpha value is -1.75. The highest BCUT2D eigenvalue weighted by atomic mass is 16.5. The van der Waals surface area contributed by atoms with E-state index in [1.54, 1.807) is 0 Å². The van der Waals surface area contributed by atoms with Gasteiger partial charge in [-0.25, -0.2) is 4.99 Å². The van der Waals surface area contributed by atoms with Crippen molar-refractivity contribution in [2.45, 2.75) is 40.7 Å². The molecule has 2 N–H and O–H groups in total. The lowest BCUT2D eigenvalue weighted by molar-refractivity contribution is 0.145. The summed E-state index contributed by atoms with van der Waals surface area (Å²) in [6, 6.07) is 8.15. The fourth-order valence-corrected chi connectivity index (χ4v) is 1.99. The van der Waals surface area contributed by atoms with Crippen LogP contribution in [-0.4, -0.2) is 38.9 Å². The first-order chi connectivity index (χ1) is 11.7. The van der Waals surface area contributed by atoms with Gasteiger partial charge in [0.25, 0.3) is 0 Å². The second kappa shape index (κ2) is 12.6. The maximum atomic E-state index is 5.70. The molecule has 0 radical (unpaired) electrons. The SMILES string of the molecule is CCNC(=NCc1ccc(OCC(C)C)cc1)NCCCOCC. The van der Waals surface area contributed by atoms with Crippen molar-refractivity contribution in [1.29, 1.82) is 0 Å². The van der Waals surface area contributed by atoms with Gasteiger partial charge in [0.1, 0.15) is 5.75 Å². The van der Waals surface area contributed by atoms with Gasteiger partial charge in [-0.15, -0.1) is 0 Å². The molecule has 0 saturated carbocycles. The van der Waals surface area contributed by atoms with Gasteiger partial charge in [-0.3, -0.25) is 0 Å². The molecule has 0 spiro atoms. The molecule has 0 bridgehead atoms. The van der Waals surface area contributed by atoms with Gasteiger partial charge >= 0.3 is 0 Å². The Kier molecular flexibility index (Phi) is 10.7. The predicted octanol–water partition coefficient (Wildman–Crippen LogP) is 3.20. The van der Waals surface area contributed by atoms with E-state index in [0.717, 1.165) is 51.0 Å². The number of nitrogens with one attached hydrogen (secondary N) is 2. The maximum absolute atomic E-state index is 5.70. The third kappa shape index (κ3) is 9.40. The zero-order chi connectivity index (χ0) is 17.6. The third-order valence-corrected chi connectivity index (χ3v) is 3.23. The summed E-state index contributed by atoms with van der Waals surface area (Å²) < 4.78 is 11.0. The van der Waals surface area contributed by atoms with Crippen LogP contribution in [0.3, 0.4) is 0 Å². The van der Waals surface area contributed by atoms with E-state index >= 15 is 0 Å². The average Bonchev–Trinajstić information content (AvgIpc) is 2.58. The van der Waals surface area contributed by atoms with Gasteiger partial charge in [-0.2, -0.15) is 0 Å². The fraction of sp³-hybridized carbons (Fsp3) is 0.632. The van der Waals surface area contributed by atoms with Crippen molar-refractivity contribution in [2.24, 2.45) is 10.9 Å². The predicted molar refractivity (Wildman–Crippen MR) is 101 cm³/mol. The molecule has 0 amide bonds. The molecular formula is C19H33N3O2. The molecule has 0 aromatic heterocycles. The molecule has 0 aliphatic heterocycles. The van der Waals surface area contributed by atoms with E-state index in [1.807, 2.05) is 19.1 Å². The molecule has 0 aliphatic rings. The Morgan fingerprint density at radius 2 is 1.88 bits per heavy atom. The summed E-state index contributed by atoms with van der Waals surface area (Å²) in [5.41, 5.74) is 1.17. The summed E-state index contributed by atoms with van der Waals surface area (Å²) in [6.07, 6.45) is 0.972. The third-order valence-electron chi connectivity index (χ3n) is 3.23. The highest BCUT2D eigenvalue weighted by molar-refractivity contribution is 5.79. The van der Waals surface area contributed by atoms with E-state index in [2.05, 4.69) is 48.5 Å². The van der Waals surface area contributed by atoms with Crippen LogP contribution in [0.25, 0.3) is 0 Å². The van der Waals surface area contributed by atoms with Crippen molar-refractivity contribution in [3.8, 4) is 5.75 Å². The molecule has 0 unspecified atom stereocenters. The van der Waals surface area contributed by atoms with Crippen LogP contribution in [-0.2, 0) is 11.3 Å². The number of hydrogen-bond donors (Lipinski definition) is 2. The molecule has 0 atom stereocenters. The molecule has 136 valence electrons. The van der Waals surface area contributed by atoms with E-state index < -0.39 is 0 Å². The summed E-state index contributed by atoms with van der Waals surface area (Å²) in [5, 5.41) is 6.59. The number of ether oxygens (including phenoxy) is 2. The van der Waals surface area contributed by atoms with E-state index in [0.29, 0.717) is 12.5 Å². The highest BCUT2D eigenvalue weighted by Crippen LogP contribution is 2.13. The number of guanidine groups is 1. The van der Waals surface area contributed by atoms with Gasteiger partial charge < -0.3 is 20.1 Å². The molecule has 1 aromatic carbocycles. The number of aliphatic imine (C=N–C) groups is 1. The van der Waals surface area contributed by atoms with Gasteiger partial charge in [-0.1, -0.05) is 26.0 Å². The Morgan fingerprint density at radius 3 is 2.50 bits per heavy atom. The second-order valence-electron chi connectivity index (χ2n) is 6.02. The Labute approximate surface area is 146 Å². The lowest BCUT2D eigenvalue weighted by Crippen LogP contribution is -2.38. The molecule has 0 saturated heterocycles. The topological polar surface area (TPSA) is 54.9 Å². The van der Waals surface area contributed by atoms with Gasteiger partial charge in [0.2, 0.25) is 0 Å². The van der Waals surface area contributed by atoms with Gasteiger partial charge in [-0.05, 0) is 43.9 Å². The van der Waals surface area contributed by atoms with Gasteiger partial charge in [0, 0.05) is 26.3 Å². The van der Waals surface area contributed by atoms with Crippen molar-refractivity contribution in [1.82, 2.24) is 10.6 Å². The summed E-state index contributed by atoms with van der Waals surface area (Å²) in [7, 11) is 0. The van der Waals surface area contributed by atoms with E-state index in [-0.39, 0.29) is 0 Å². The first-order valence-corrected chi connectivity index (χ1v) is 8.97. The minimum absolute atomic E-state index is 0.533. The molecule has 24 heavy (non-hydrogen) atoms. The van der Waals surface area contributed by atoms with Crippen LogP contribution < -0.4 is 15.4 Å². The van der Waals surface area contributed by atoms with E-state index in [4.69, 9.17) is 9.47 Å². The smallest absolute Gasteiger partial charge is 0.191 e. The largest absolute Gasteiger partial charge is 0.493 e. The van der Waals surface area contributed by atoms with Gasteiger partial charge in [0.05, 0.1) is 13.2 Å². The summed E-state index contributed by atoms with van der Waals surface area (Å²) in [5.74, 6) is 2.29. The highest BCUT2D eigenvalue weighted by Gasteiger charge is 2.00. The van der Waals surface area contributed by atoms with Gasteiger partial charge in [0.15, 0.2) is 5.96 Å². The summed E-state index contributed by atoms with van der Waals surface area (Å²) >= 11 is 0. The van der Waals surface area contributed by atoms with Crippen LogP contribution in [0.15, 0.2) is 29.3 Å². The lowest BCUT2D eigenvalue weighted by Gasteiger charge is -2.11. The zero-order valence-electron chi connectivity index (χ0n) is 15.6. The van der Waals surface area contributed by atoms with Crippen molar-refractivity contribution in [3.63, 3.8) is 0 Å². The van der Waals surface area contributed by atoms with Crippen LogP contribution >= 0.6 is 0 Å². The van der Waals surface area contributed by atoms with Crippen molar-refractivity contribution >= 4 is 5.96 Å². The molecule has 0 heterocycles. The number of hydrogen-bond acceptors (Lipinski definition) is 3. The minimum Gasteiger partial charge on any atom is -0.493 e. The molecule has 0 aliphatic carbocycles. The number of nitrogens with zero attached hydrogens (tertiary/aromatic N) is 1. The summed E-state index contributed by atoms with van der Waals surface area (Å²) in [6.45, 7) is 13.0.